The number of thioether (sulfide) groups is 1. The lowest BCUT2D eigenvalue weighted by Crippen LogP contribution is -2.12. The number of nitrogen functional groups attached to an aromatic ring is 2. The first-order valence-electron chi connectivity index (χ1n) is 5.93. The molecule has 0 spiro atoms. The summed E-state index contributed by atoms with van der Waals surface area (Å²) in [6, 6.07) is 2.98. The third-order valence-electron chi connectivity index (χ3n) is 2.32. The lowest BCUT2D eigenvalue weighted by Gasteiger charge is -2.05. The van der Waals surface area contributed by atoms with Crippen molar-refractivity contribution in [3.63, 3.8) is 0 Å². The molecule has 0 bridgehead atoms. The highest BCUT2D eigenvalue weighted by molar-refractivity contribution is 8.00. The maximum atomic E-state index is 13.4. The second kappa shape index (κ2) is 6.98. The highest BCUT2D eigenvalue weighted by Gasteiger charge is 2.10. The van der Waals surface area contributed by atoms with Crippen molar-refractivity contribution in [1.29, 1.82) is 0 Å². The molecule has 116 valence electrons. The van der Waals surface area contributed by atoms with Crippen molar-refractivity contribution in [3.05, 3.63) is 35.7 Å². The summed E-state index contributed by atoms with van der Waals surface area (Å²) in [7, 11) is 0. The molecule has 2 rings (SSSR count). The van der Waals surface area contributed by atoms with Crippen molar-refractivity contribution in [2.45, 2.75) is 11.5 Å². The molecular weight excluding hydrogens is 316 g/mol. The zero-order chi connectivity index (χ0) is 16.1. The molecule has 0 aliphatic rings. The molecule has 0 saturated carbocycles. The molecule has 10 heteroatoms. The number of esters is 1. The van der Waals surface area contributed by atoms with Gasteiger partial charge in [-0.15, -0.1) is 11.8 Å². The number of nitrogens with zero attached hydrogens (tertiary/aromatic N) is 3. The number of nitrogens with two attached hydrogens (primary N) is 2. The Kier molecular flexibility index (Phi) is 5.04. The fourth-order valence-corrected chi connectivity index (χ4v) is 2.19. The summed E-state index contributed by atoms with van der Waals surface area (Å²) in [5.74, 6) is -2.13. The lowest BCUT2D eigenvalue weighted by molar-refractivity contribution is -0.141. The van der Waals surface area contributed by atoms with E-state index in [0.29, 0.717) is 0 Å². The average Bonchev–Trinajstić information content (AvgIpc) is 2.45. The number of rotatable bonds is 5. The van der Waals surface area contributed by atoms with Crippen LogP contribution in [0.15, 0.2) is 23.1 Å². The summed E-state index contributed by atoms with van der Waals surface area (Å²) in [5, 5.41) is 0. The molecule has 1 aromatic carbocycles. The Bertz CT molecular complexity index is 681. The summed E-state index contributed by atoms with van der Waals surface area (Å²) in [5.41, 5.74) is 10.7. The Balaban J connectivity index is 1.86. The number of hydrogen-bond donors (Lipinski definition) is 2. The van der Waals surface area contributed by atoms with E-state index in [1.807, 2.05) is 0 Å². The van der Waals surface area contributed by atoms with Crippen LogP contribution in [0.1, 0.15) is 5.82 Å². The second-order valence-electron chi connectivity index (χ2n) is 3.99. The van der Waals surface area contributed by atoms with Crippen LogP contribution in [0.2, 0.25) is 0 Å². The molecule has 1 aromatic heterocycles. The molecular formula is C12H11F2N5O2S. The van der Waals surface area contributed by atoms with Crippen molar-refractivity contribution < 1.29 is 18.3 Å². The van der Waals surface area contributed by atoms with Gasteiger partial charge >= 0.3 is 5.97 Å². The van der Waals surface area contributed by atoms with Gasteiger partial charge in [0.15, 0.2) is 12.4 Å². The van der Waals surface area contributed by atoms with Crippen LogP contribution in [-0.2, 0) is 16.1 Å². The highest BCUT2D eigenvalue weighted by atomic mass is 32.2. The molecule has 0 aliphatic carbocycles. The Labute approximate surface area is 128 Å². The van der Waals surface area contributed by atoms with Crippen molar-refractivity contribution >= 4 is 29.6 Å². The zero-order valence-corrected chi connectivity index (χ0v) is 11.9. The van der Waals surface area contributed by atoms with Gasteiger partial charge in [0.2, 0.25) is 11.9 Å². The molecule has 4 N–H and O–H groups in total. The Hall–Kier alpha value is -2.49. The Morgan fingerprint density at radius 3 is 2.55 bits per heavy atom. The molecule has 0 unspecified atom stereocenters. The normalized spacial score (nSPS) is 10.5. The van der Waals surface area contributed by atoms with E-state index in [4.69, 9.17) is 16.2 Å². The third kappa shape index (κ3) is 4.52. The predicted octanol–water partition coefficient (Wildman–Crippen LogP) is 1.15. The van der Waals surface area contributed by atoms with Gasteiger partial charge in [-0.05, 0) is 18.2 Å². The maximum absolute atomic E-state index is 13.4. The molecule has 0 fully saturated rings. The summed E-state index contributed by atoms with van der Waals surface area (Å²) < 4.78 is 31.2. The molecule has 0 amide bonds. The minimum absolute atomic E-state index is 0.0191. The van der Waals surface area contributed by atoms with Gasteiger partial charge in [-0.3, -0.25) is 4.79 Å². The van der Waals surface area contributed by atoms with Crippen LogP contribution < -0.4 is 11.5 Å². The number of ether oxygens (including phenoxy) is 1. The first-order chi connectivity index (χ1) is 10.4. The number of halogens is 2. The second-order valence-corrected chi connectivity index (χ2v) is 5.01. The highest BCUT2D eigenvalue weighted by Crippen LogP contribution is 2.22. The number of carbonyl (C=O) groups excluding carboxylic acids is 1. The SMILES string of the molecule is Nc1nc(N)nc(COC(=O)CSc2cc(F)ccc2F)n1. The topological polar surface area (TPSA) is 117 Å². The minimum atomic E-state index is -0.647. The van der Waals surface area contributed by atoms with Crippen molar-refractivity contribution in [1.82, 2.24) is 15.0 Å². The minimum Gasteiger partial charge on any atom is -0.457 e. The smallest absolute Gasteiger partial charge is 0.316 e. The van der Waals surface area contributed by atoms with Crippen LogP contribution in [0.25, 0.3) is 0 Å². The molecule has 0 aliphatic heterocycles. The Morgan fingerprint density at radius 1 is 1.18 bits per heavy atom. The first kappa shape index (κ1) is 15.9. The molecule has 2 aromatic rings. The first-order valence-corrected chi connectivity index (χ1v) is 6.92. The van der Waals surface area contributed by atoms with Crippen LogP contribution in [0.3, 0.4) is 0 Å². The molecule has 1 heterocycles. The van der Waals surface area contributed by atoms with Crippen LogP contribution in [0, 0.1) is 11.6 Å². The van der Waals surface area contributed by atoms with Gasteiger partial charge in [0.25, 0.3) is 0 Å². The van der Waals surface area contributed by atoms with Crippen molar-refractivity contribution in [2.75, 3.05) is 17.2 Å². The molecule has 0 radical (unpaired) electrons. The lowest BCUT2D eigenvalue weighted by atomic mass is 10.3. The van der Waals surface area contributed by atoms with Crippen molar-refractivity contribution in [2.24, 2.45) is 0 Å². The van der Waals surface area contributed by atoms with Gasteiger partial charge < -0.3 is 16.2 Å². The average molecular weight is 327 g/mol. The number of benzene rings is 1. The van der Waals surface area contributed by atoms with Gasteiger partial charge in [-0.1, -0.05) is 0 Å². The number of carbonyl (C=O) groups is 1. The summed E-state index contributed by atoms with van der Waals surface area (Å²) >= 11 is 0.819. The summed E-state index contributed by atoms with van der Waals surface area (Å²) in [6.07, 6.45) is 0. The number of anilines is 2. The van der Waals surface area contributed by atoms with Gasteiger partial charge in [0.1, 0.15) is 11.6 Å². The van der Waals surface area contributed by atoms with E-state index in [2.05, 4.69) is 15.0 Å². The van der Waals surface area contributed by atoms with Gasteiger partial charge in [-0.25, -0.2) is 8.78 Å². The standard InChI is InChI=1S/C12H11F2N5O2S/c13-6-1-2-7(14)8(3-6)22-5-10(20)21-4-9-17-11(15)19-12(16)18-9/h1-3H,4-5H2,(H4,15,16,17,18,19). The summed E-state index contributed by atoms with van der Waals surface area (Å²) in [4.78, 5) is 22.6. The quantitative estimate of drug-likeness (QED) is 0.620. The number of hydrogen-bond acceptors (Lipinski definition) is 8. The number of aromatic nitrogens is 3. The Morgan fingerprint density at radius 2 is 1.86 bits per heavy atom. The predicted molar refractivity (Wildman–Crippen MR) is 75.5 cm³/mol. The van der Waals surface area contributed by atoms with Gasteiger partial charge in [0, 0.05) is 4.90 Å². The van der Waals surface area contributed by atoms with E-state index in [9.17, 15) is 13.6 Å². The summed E-state index contributed by atoms with van der Waals surface area (Å²) in [6.45, 7) is -0.248. The van der Waals surface area contributed by atoms with Crippen LogP contribution in [-0.4, -0.2) is 26.7 Å². The van der Waals surface area contributed by atoms with Crippen LogP contribution >= 0.6 is 11.8 Å². The molecule has 22 heavy (non-hydrogen) atoms. The van der Waals surface area contributed by atoms with Crippen LogP contribution in [0.4, 0.5) is 20.7 Å². The molecule has 0 atom stereocenters. The molecule has 7 nitrogen and oxygen atoms in total. The van der Waals surface area contributed by atoms with Gasteiger partial charge in [-0.2, -0.15) is 15.0 Å². The fraction of sp³-hybridized carbons (Fsp3) is 0.167. The monoisotopic (exact) mass is 327 g/mol. The zero-order valence-electron chi connectivity index (χ0n) is 11.1. The maximum Gasteiger partial charge on any atom is 0.316 e. The van der Waals surface area contributed by atoms with E-state index in [1.54, 1.807) is 0 Å². The van der Waals surface area contributed by atoms with Crippen molar-refractivity contribution in [3.8, 4) is 0 Å². The van der Waals surface area contributed by atoms with E-state index >= 15 is 0 Å². The van der Waals surface area contributed by atoms with Gasteiger partial charge in [0.05, 0.1) is 5.75 Å². The fourth-order valence-electron chi connectivity index (χ4n) is 1.43. The van der Waals surface area contributed by atoms with E-state index in [-0.39, 0.29) is 35.0 Å². The van der Waals surface area contributed by atoms with Crippen LogP contribution in [0.5, 0.6) is 0 Å². The third-order valence-corrected chi connectivity index (χ3v) is 3.32. The van der Waals surface area contributed by atoms with E-state index < -0.39 is 17.6 Å². The largest absolute Gasteiger partial charge is 0.457 e. The van der Waals surface area contributed by atoms with E-state index in [0.717, 1.165) is 30.0 Å². The molecule has 0 saturated heterocycles. The van der Waals surface area contributed by atoms with E-state index in [1.165, 1.54) is 0 Å².